The van der Waals surface area contributed by atoms with E-state index in [2.05, 4.69) is 5.32 Å². The van der Waals surface area contributed by atoms with E-state index in [4.69, 9.17) is 16.3 Å². The smallest absolute Gasteiger partial charge is 0.253 e. The molecule has 1 N–H and O–H groups in total. The van der Waals surface area contributed by atoms with E-state index in [1.54, 1.807) is 24.3 Å². The number of hydrogen-bond acceptors (Lipinski definition) is 3. The summed E-state index contributed by atoms with van der Waals surface area (Å²) in [5, 5.41) is 2.76. The highest BCUT2D eigenvalue weighted by Crippen LogP contribution is 2.16. The van der Waals surface area contributed by atoms with Crippen LogP contribution in [0.2, 0.25) is 0 Å². The first-order valence-electron chi connectivity index (χ1n) is 5.82. The molecule has 1 heterocycles. The summed E-state index contributed by atoms with van der Waals surface area (Å²) >= 11 is 5.46. The molecule has 96 valence electrons. The van der Waals surface area contributed by atoms with Crippen LogP contribution in [0.15, 0.2) is 24.3 Å². The number of halogens is 1. The Bertz CT molecular complexity index is 438. The van der Waals surface area contributed by atoms with Crippen LogP contribution in [0.5, 0.6) is 0 Å². The normalized spacial score (nSPS) is 18.6. The molecule has 0 spiro atoms. The molecule has 1 atom stereocenters. The third-order valence-electron chi connectivity index (χ3n) is 2.82. The Morgan fingerprint density at radius 1 is 1.33 bits per heavy atom. The van der Waals surface area contributed by atoms with E-state index in [-0.39, 0.29) is 23.7 Å². The van der Waals surface area contributed by atoms with Crippen molar-refractivity contribution in [2.75, 3.05) is 17.8 Å². The van der Waals surface area contributed by atoms with Crippen molar-refractivity contribution in [2.45, 2.75) is 18.9 Å². The van der Waals surface area contributed by atoms with Crippen LogP contribution in [0.4, 0.5) is 5.69 Å². The van der Waals surface area contributed by atoms with Gasteiger partial charge < -0.3 is 10.1 Å². The lowest BCUT2D eigenvalue weighted by Gasteiger charge is -2.10. The molecule has 0 aromatic heterocycles. The molecule has 4 nitrogen and oxygen atoms in total. The van der Waals surface area contributed by atoms with E-state index in [0.717, 1.165) is 12.8 Å². The molecule has 0 aliphatic carbocycles. The molecule has 5 heteroatoms. The fraction of sp³-hybridized carbons (Fsp3) is 0.385. The molecule has 1 aliphatic heterocycles. The Morgan fingerprint density at radius 2 is 2.06 bits per heavy atom. The zero-order valence-electron chi connectivity index (χ0n) is 9.82. The maximum Gasteiger partial charge on any atom is 0.253 e. The number of nitrogens with one attached hydrogen (secondary N) is 1. The number of ether oxygens (including phenoxy) is 1. The third-order valence-corrected chi connectivity index (χ3v) is 3.06. The minimum absolute atomic E-state index is 0.0401. The van der Waals surface area contributed by atoms with Gasteiger partial charge >= 0.3 is 0 Å². The van der Waals surface area contributed by atoms with Crippen LogP contribution in [-0.4, -0.2) is 30.3 Å². The van der Waals surface area contributed by atoms with E-state index in [0.29, 0.717) is 17.9 Å². The summed E-state index contributed by atoms with van der Waals surface area (Å²) in [6.07, 6.45) is 1.32. The minimum atomic E-state index is -0.353. The van der Waals surface area contributed by atoms with Gasteiger partial charge in [0.1, 0.15) is 6.10 Å². The number of benzene rings is 1. The van der Waals surface area contributed by atoms with Gasteiger partial charge in [-0.2, -0.15) is 0 Å². The zero-order valence-corrected chi connectivity index (χ0v) is 10.6. The van der Waals surface area contributed by atoms with Gasteiger partial charge in [-0.15, -0.1) is 11.6 Å². The van der Waals surface area contributed by atoms with Crippen molar-refractivity contribution in [3.8, 4) is 0 Å². The first kappa shape index (κ1) is 13.1. The quantitative estimate of drug-likeness (QED) is 0.672. The lowest BCUT2D eigenvalue weighted by atomic mass is 10.1. The first-order valence-corrected chi connectivity index (χ1v) is 6.36. The van der Waals surface area contributed by atoms with Crippen molar-refractivity contribution in [3.05, 3.63) is 29.8 Å². The number of rotatable bonds is 4. The fourth-order valence-corrected chi connectivity index (χ4v) is 1.98. The van der Waals surface area contributed by atoms with Crippen LogP contribution in [0.25, 0.3) is 0 Å². The number of alkyl halides is 1. The summed E-state index contributed by atoms with van der Waals surface area (Å²) in [7, 11) is 0. The van der Waals surface area contributed by atoms with Crippen LogP contribution >= 0.6 is 11.6 Å². The van der Waals surface area contributed by atoms with E-state index in [9.17, 15) is 9.59 Å². The summed E-state index contributed by atoms with van der Waals surface area (Å²) in [4.78, 5) is 23.1. The predicted molar refractivity (Wildman–Crippen MR) is 69.1 cm³/mol. The van der Waals surface area contributed by atoms with Gasteiger partial charge in [-0.25, -0.2) is 0 Å². The van der Waals surface area contributed by atoms with E-state index in [1.165, 1.54) is 0 Å². The van der Waals surface area contributed by atoms with Gasteiger partial charge in [0.15, 0.2) is 5.78 Å². The number of anilines is 1. The molecule has 1 fully saturated rings. The summed E-state index contributed by atoms with van der Waals surface area (Å²) < 4.78 is 5.28. The second-order valence-electron chi connectivity index (χ2n) is 4.13. The Labute approximate surface area is 110 Å². The van der Waals surface area contributed by atoms with E-state index in [1.807, 2.05) is 0 Å². The van der Waals surface area contributed by atoms with Crippen molar-refractivity contribution >= 4 is 29.0 Å². The Balaban J connectivity index is 1.97. The Hall–Kier alpha value is -1.39. The lowest BCUT2D eigenvalue weighted by Crippen LogP contribution is -2.26. The summed E-state index contributed by atoms with van der Waals surface area (Å²) in [5.74, 6) is -0.306. The SMILES string of the molecule is O=C(CCl)c1ccc(NC(=O)C2CCCO2)cc1. The Morgan fingerprint density at radius 3 is 2.61 bits per heavy atom. The number of Topliss-reactive ketones (excluding diaryl/α,β-unsaturated/α-hetero) is 1. The molecule has 1 amide bonds. The van der Waals surface area contributed by atoms with Crippen LogP contribution in [0.1, 0.15) is 23.2 Å². The zero-order chi connectivity index (χ0) is 13.0. The largest absolute Gasteiger partial charge is 0.368 e. The lowest BCUT2D eigenvalue weighted by molar-refractivity contribution is -0.124. The van der Waals surface area contributed by atoms with Crippen LogP contribution in [0.3, 0.4) is 0 Å². The third kappa shape index (κ3) is 3.09. The van der Waals surface area contributed by atoms with Crippen LogP contribution in [-0.2, 0) is 9.53 Å². The predicted octanol–water partition coefficient (Wildman–Crippen LogP) is 2.23. The van der Waals surface area contributed by atoms with Crippen molar-refractivity contribution in [2.24, 2.45) is 0 Å². The summed E-state index contributed by atoms with van der Waals surface area (Å²) in [6.45, 7) is 0.640. The molecule has 18 heavy (non-hydrogen) atoms. The monoisotopic (exact) mass is 267 g/mol. The highest BCUT2D eigenvalue weighted by Gasteiger charge is 2.23. The van der Waals surface area contributed by atoms with Crippen LogP contribution in [0, 0.1) is 0 Å². The van der Waals surface area contributed by atoms with Gasteiger partial charge in [-0.05, 0) is 37.1 Å². The molecule has 2 rings (SSSR count). The number of amides is 1. The molecule has 1 saturated heterocycles. The Kier molecular flexibility index (Phi) is 4.33. The first-order chi connectivity index (χ1) is 8.70. The minimum Gasteiger partial charge on any atom is -0.368 e. The van der Waals surface area contributed by atoms with Crippen molar-refractivity contribution < 1.29 is 14.3 Å². The fourth-order valence-electron chi connectivity index (χ4n) is 1.82. The average Bonchev–Trinajstić information content (AvgIpc) is 2.92. The molecular formula is C13H14ClNO3. The highest BCUT2D eigenvalue weighted by atomic mass is 35.5. The molecule has 1 unspecified atom stereocenters. The summed E-state index contributed by atoms with van der Waals surface area (Å²) in [5.41, 5.74) is 1.20. The summed E-state index contributed by atoms with van der Waals surface area (Å²) in [6, 6.07) is 6.67. The van der Waals surface area contributed by atoms with Gasteiger partial charge in [-0.1, -0.05) is 0 Å². The van der Waals surface area contributed by atoms with Gasteiger partial charge in [0, 0.05) is 17.9 Å². The van der Waals surface area contributed by atoms with Gasteiger partial charge in [-0.3, -0.25) is 9.59 Å². The highest BCUT2D eigenvalue weighted by molar-refractivity contribution is 6.30. The molecule has 0 saturated carbocycles. The topological polar surface area (TPSA) is 55.4 Å². The van der Waals surface area contributed by atoms with Gasteiger partial charge in [0.2, 0.25) is 0 Å². The van der Waals surface area contributed by atoms with Crippen molar-refractivity contribution in [1.82, 2.24) is 0 Å². The van der Waals surface area contributed by atoms with Gasteiger partial charge in [0.05, 0.1) is 5.88 Å². The number of carbonyl (C=O) groups excluding carboxylic acids is 2. The number of hydrogen-bond donors (Lipinski definition) is 1. The molecule has 1 aromatic rings. The second kappa shape index (κ2) is 5.98. The molecule has 0 bridgehead atoms. The van der Waals surface area contributed by atoms with E-state index < -0.39 is 0 Å². The second-order valence-corrected chi connectivity index (χ2v) is 4.39. The molecular weight excluding hydrogens is 254 g/mol. The van der Waals surface area contributed by atoms with Crippen molar-refractivity contribution in [3.63, 3.8) is 0 Å². The molecule has 0 radical (unpaired) electrons. The number of carbonyl (C=O) groups is 2. The molecule has 1 aromatic carbocycles. The maximum absolute atomic E-state index is 11.8. The maximum atomic E-state index is 11.8. The van der Waals surface area contributed by atoms with Gasteiger partial charge in [0.25, 0.3) is 5.91 Å². The van der Waals surface area contributed by atoms with E-state index >= 15 is 0 Å². The average molecular weight is 268 g/mol. The standard InChI is InChI=1S/C13H14ClNO3/c14-8-11(16)9-3-5-10(6-4-9)15-13(17)12-2-1-7-18-12/h3-6,12H,1-2,7-8H2,(H,15,17). The number of ketones is 1. The molecule has 1 aliphatic rings. The van der Waals surface area contributed by atoms with Crippen LogP contribution < -0.4 is 5.32 Å². The van der Waals surface area contributed by atoms with Crippen molar-refractivity contribution in [1.29, 1.82) is 0 Å².